The van der Waals surface area contributed by atoms with Crippen LogP contribution in [0.4, 0.5) is 5.13 Å². The fourth-order valence-electron chi connectivity index (χ4n) is 2.22. The molecule has 2 rings (SSSR count). The van der Waals surface area contributed by atoms with Crippen LogP contribution in [0.2, 0.25) is 0 Å². The van der Waals surface area contributed by atoms with Crippen LogP contribution in [0.3, 0.4) is 0 Å². The zero-order valence-electron chi connectivity index (χ0n) is 11.9. The number of sulfonamides is 1. The quantitative estimate of drug-likeness (QED) is 0.779. The number of thiazole rings is 1. The fraction of sp³-hybridized carbons (Fsp3) is 0.667. The third-order valence-corrected chi connectivity index (χ3v) is 4.83. The molecule has 1 fully saturated rings. The lowest BCUT2D eigenvalue weighted by molar-refractivity contribution is -0.130. The number of hydrogen-bond donors (Lipinski definition) is 2. The molecule has 1 aliphatic rings. The van der Waals surface area contributed by atoms with E-state index in [-0.39, 0.29) is 23.6 Å². The lowest BCUT2D eigenvalue weighted by atomic mass is 9.82. The Balaban J connectivity index is 1.84. The molecule has 0 spiro atoms. The van der Waals surface area contributed by atoms with Crippen molar-refractivity contribution in [2.24, 2.45) is 5.92 Å². The average molecular weight is 333 g/mol. The first-order valence-electron chi connectivity index (χ1n) is 6.57. The summed E-state index contributed by atoms with van der Waals surface area (Å²) in [6, 6.07) is 0. The van der Waals surface area contributed by atoms with Gasteiger partial charge in [-0.1, -0.05) is 0 Å². The van der Waals surface area contributed by atoms with Crippen LogP contribution in [0.5, 0.6) is 0 Å². The number of aliphatic hydroxyl groups excluding tert-OH is 1. The van der Waals surface area contributed by atoms with Crippen LogP contribution in [0.15, 0.2) is 5.38 Å². The number of amides is 1. The van der Waals surface area contributed by atoms with Gasteiger partial charge in [-0.15, -0.1) is 11.3 Å². The molecule has 0 atom stereocenters. The molecule has 1 aliphatic carbocycles. The standard InChI is InChI=1S/C12H19N3O4S2/c1-15(6-8-3-10(16)4-8)11(17)5-9-7-20-12(13-9)14-21(2,18)19/h7-8,10,16H,3-6H2,1-2H3,(H,13,14). The maximum Gasteiger partial charge on any atom is 0.231 e. The molecule has 118 valence electrons. The predicted octanol–water partition coefficient (Wildman–Crippen LogP) is 0.286. The third kappa shape index (κ3) is 4.94. The Labute approximate surface area is 128 Å². The van der Waals surface area contributed by atoms with Gasteiger partial charge in [-0.2, -0.15) is 0 Å². The van der Waals surface area contributed by atoms with Crippen molar-refractivity contribution in [1.29, 1.82) is 0 Å². The highest BCUT2D eigenvalue weighted by Crippen LogP contribution is 2.27. The molecule has 7 nitrogen and oxygen atoms in total. The first kappa shape index (κ1) is 16.2. The van der Waals surface area contributed by atoms with Gasteiger partial charge >= 0.3 is 0 Å². The van der Waals surface area contributed by atoms with Crippen LogP contribution in [0.25, 0.3) is 0 Å². The normalized spacial score (nSPS) is 21.7. The summed E-state index contributed by atoms with van der Waals surface area (Å²) in [5, 5.41) is 11.2. The van der Waals surface area contributed by atoms with E-state index >= 15 is 0 Å². The highest BCUT2D eigenvalue weighted by molar-refractivity contribution is 7.92. The Morgan fingerprint density at radius 3 is 2.81 bits per heavy atom. The van der Waals surface area contributed by atoms with Crippen molar-refractivity contribution in [3.8, 4) is 0 Å². The van der Waals surface area contributed by atoms with Gasteiger partial charge in [0.25, 0.3) is 0 Å². The number of hydrogen-bond acceptors (Lipinski definition) is 6. The van der Waals surface area contributed by atoms with E-state index in [0.29, 0.717) is 18.2 Å². The summed E-state index contributed by atoms with van der Waals surface area (Å²) >= 11 is 1.15. The van der Waals surface area contributed by atoms with E-state index in [1.165, 1.54) is 0 Å². The van der Waals surface area contributed by atoms with Crippen molar-refractivity contribution < 1.29 is 18.3 Å². The molecule has 1 heterocycles. The highest BCUT2D eigenvalue weighted by atomic mass is 32.2. The Morgan fingerprint density at radius 1 is 1.57 bits per heavy atom. The molecule has 1 amide bonds. The van der Waals surface area contributed by atoms with E-state index in [0.717, 1.165) is 30.4 Å². The Kier molecular flexibility index (Phi) is 4.84. The van der Waals surface area contributed by atoms with Crippen molar-refractivity contribution in [3.05, 3.63) is 11.1 Å². The molecular formula is C12H19N3O4S2. The van der Waals surface area contributed by atoms with Gasteiger partial charge in [0.05, 0.1) is 24.5 Å². The van der Waals surface area contributed by atoms with Crippen LogP contribution < -0.4 is 4.72 Å². The van der Waals surface area contributed by atoms with Crippen LogP contribution in [-0.2, 0) is 21.2 Å². The van der Waals surface area contributed by atoms with Crippen LogP contribution in [0, 0.1) is 5.92 Å². The van der Waals surface area contributed by atoms with Gasteiger partial charge in [0.1, 0.15) is 0 Å². The van der Waals surface area contributed by atoms with Crippen molar-refractivity contribution in [1.82, 2.24) is 9.88 Å². The van der Waals surface area contributed by atoms with E-state index in [1.807, 2.05) is 0 Å². The third-order valence-electron chi connectivity index (χ3n) is 3.33. The molecule has 0 aliphatic heterocycles. The summed E-state index contributed by atoms with van der Waals surface area (Å²) in [4.78, 5) is 17.8. The minimum Gasteiger partial charge on any atom is -0.393 e. The van der Waals surface area contributed by atoms with Gasteiger partial charge in [-0.25, -0.2) is 13.4 Å². The predicted molar refractivity (Wildman–Crippen MR) is 80.7 cm³/mol. The summed E-state index contributed by atoms with van der Waals surface area (Å²) in [5.41, 5.74) is 0.552. The monoisotopic (exact) mass is 333 g/mol. The summed E-state index contributed by atoms with van der Waals surface area (Å²) in [7, 11) is -1.62. The number of anilines is 1. The van der Waals surface area contributed by atoms with Gasteiger partial charge in [0.15, 0.2) is 5.13 Å². The zero-order valence-corrected chi connectivity index (χ0v) is 13.6. The molecule has 0 aromatic carbocycles. The number of carbonyl (C=O) groups is 1. The molecular weight excluding hydrogens is 314 g/mol. The molecule has 2 N–H and O–H groups in total. The summed E-state index contributed by atoms with van der Waals surface area (Å²) in [6.07, 6.45) is 2.48. The minimum absolute atomic E-state index is 0.0624. The number of rotatable bonds is 6. The molecule has 9 heteroatoms. The van der Waals surface area contributed by atoms with Crippen LogP contribution in [-0.4, -0.2) is 55.3 Å². The van der Waals surface area contributed by atoms with E-state index in [9.17, 15) is 18.3 Å². The fourth-order valence-corrected chi connectivity index (χ4v) is 3.79. The largest absolute Gasteiger partial charge is 0.393 e. The van der Waals surface area contributed by atoms with Crippen molar-refractivity contribution in [2.45, 2.75) is 25.4 Å². The number of nitrogens with zero attached hydrogens (tertiary/aromatic N) is 2. The molecule has 21 heavy (non-hydrogen) atoms. The van der Waals surface area contributed by atoms with Crippen molar-refractivity contribution >= 4 is 32.4 Å². The summed E-state index contributed by atoms with van der Waals surface area (Å²) < 4.78 is 24.5. The molecule has 1 aromatic heterocycles. The number of likely N-dealkylation sites (N-methyl/N-ethyl adjacent to an activating group) is 1. The second-order valence-electron chi connectivity index (χ2n) is 5.46. The van der Waals surface area contributed by atoms with Gasteiger partial charge in [0, 0.05) is 19.0 Å². The zero-order chi connectivity index (χ0) is 15.6. The molecule has 1 saturated carbocycles. The lowest BCUT2D eigenvalue weighted by Gasteiger charge is -2.34. The number of carbonyl (C=O) groups excluding carboxylic acids is 1. The van der Waals surface area contributed by atoms with Gasteiger partial charge in [0.2, 0.25) is 15.9 Å². The minimum atomic E-state index is -3.35. The van der Waals surface area contributed by atoms with E-state index in [4.69, 9.17) is 0 Å². The number of aliphatic hydroxyl groups is 1. The molecule has 0 bridgehead atoms. The Morgan fingerprint density at radius 2 is 2.24 bits per heavy atom. The first-order chi connectivity index (χ1) is 9.73. The van der Waals surface area contributed by atoms with E-state index in [2.05, 4.69) is 9.71 Å². The lowest BCUT2D eigenvalue weighted by Crippen LogP contribution is -2.40. The maximum atomic E-state index is 12.1. The van der Waals surface area contributed by atoms with Crippen LogP contribution >= 0.6 is 11.3 Å². The molecule has 0 saturated heterocycles. The maximum absolute atomic E-state index is 12.1. The number of aromatic nitrogens is 1. The highest BCUT2D eigenvalue weighted by Gasteiger charge is 2.29. The SMILES string of the molecule is CN(CC1CC(O)C1)C(=O)Cc1csc(NS(C)(=O)=O)n1. The topological polar surface area (TPSA) is 99.6 Å². The summed E-state index contributed by atoms with van der Waals surface area (Å²) in [6.45, 7) is 0.633. The number of nitrogens with one attached hydrogen (secondary N) is 1. The molecule has 0 unspecified atom stereocenters. The van der Waals surface area contributed by atoms with Gasteiger partial charge < -0.3 is 10.0 Å². The smallest absolute Gasteiger partial charge is 0.231 e. The second kappa shape index (κ2) is 6.29. The van der Waals surface area contributed by atoms with Crippen molar-refractivity contribution in [2.75, 3.05) is 24.6 Å². The van der Waals surface area contributed by atoms with Gasteiger partial charge in [-0.05, 0) is 18.8 Å². The molecule has 1 aromatic rings. The van der Waals surface area contributed by atoms with E-state index in [1.54, 1.807) is 17.3 Å². The van der Waals surface area contributed by atoms with Gasteiger partial charge in [-0.3, -0.25) is 9.52 Å². The average Bonchev–Trinajstić information content (AvgIpc) is 2.71. The van der Waals surface area contributed by atoms with Crippen LogP contribution in [0.1, 0.15) is 18.5 Å². The Bertz CT molecular complexity index is 608. The first-order valence-corrected chi connectivity index (χ1v) is 9.34. The summed E-state index contributed by atoms with van der Waals surface area (Å²) in [5.74, 6) is 0.305. The Hall–Kier alpha value is -1.19. The van der Waals surface area contributed by atoms with Crippen molar-refractivity contribution in [3.63, 3.8) is 0 Å². The van der Waals surface area contributed by atoms with E-state index < -0.39 is 10.0 Å². The second-order valence-corrected chi connectivity index (χ2v) is 8.07. The molecule has 0 radical (unpaired) electrons.